The molecular weight excluding hydrogens is 321 g/mol. The predicted octanol–water partition coefficient (Wildman–Crippen LogP) is 2.07. The van der Waals surface area contributed by atoms with Crippen LogP contribution in [0.5, 0.6) is 0 Å². The minimum atomic E-state index is -0.317. The topological polar surface area (TPSA) is 61.4 Å². The highest BCUT2D eigenvalue weighted by Gasteiger charge is 2.26. The van der Waals surface area contributed by atoms with Crippen LogP contribution in [0.4, 0.5) is 15.9 Å². The van der Waals surface area contributed by atoms with Crippen LogP contribution in [-0.2, 0) is 4.79 Å². The van der Waals surface area contributed by atoms with E-state index in [1.165, 1.54) is 6.07 Å². The van der Waals surface area contributed by atoms with Crippen LogP contribution in [0.15, 0.2) is 36.8 Å². The first kappa shape index (κ1) is 17.3. The summed E-state index contributed by atoms with van der Waals surface area (Å²) in [5.41, 5.74) is 1.05. The van der Waals surface area contributed by atoms with Gasteiger partial charge in [-0.15, -0.1) is 0 Å². The number of nitrogens with zero attached hydrogens (tertiary/aromatic N) is 4. The van der Waals surface area contributed by atoms with Crippen LogP contribution in [0.1, 0.15) is 12.5 Å². The fourth-order valence-corrected chi connectivity index (χ4v) is 2.88. The quantitative estimate of drug-likeness (QED) is 0.921. The van der Waals surface area contributed by atoms with E-state index >= 15 is 0 Å². The number of hydrogen-bond acceptors (Lipinski definition) is 5. The second-order valence-electron chi connectivity index (χ2n) is 6.22. The highest BCUT2D eigenvalue weighted by molar-refractivity contribution is 5.94. The van der Waals surface area contributed by atoms with Gasteiger partial charge in [0.1, 0.15) is 11.6 Å². The van der Waals surface area contributed by atoms with Crippen LogP contribution in [0, 0.1) is 12.7 Å². The van der Waals surface area contributed by atoms with Gasteiger partial charge in [-0.05, 0) is 31.5 Å². The van der Waals surface area contributed by atoms with Gasteiger partial charge in [0.25, 0.3) is 0 Å². The van der Waals surface area contributed by atoms with Gasteiger partial charge in [0.15, 0.2) is 0 Å². The van der Waals surface area contributed by atoms with E-state index in [1.807, 2.05) is 6.92 Å². The summed E-state index contributed by atoms with van der Waals surface area (Å²) in [5.74, 6) is 0.411. The molecule has 132 valence electrons. The number of piperazine rings is 1. The molecule has 7 heteroatoms. The second kappa shape index (κ2) is 7.57. The normalized spacial score (nSPS) is 16.5. The highest BCUT2D eigenvalue weighted by Crippen LogP contribution is 2.16. The van der Waals surface area contributed by atoms with Crippen molar-refractivity contribution in [3.05, 3.63) is 48.2 Å². The fraction of sp³-hybridized carbons (Fsp3) is 0.389. The Kier molecular flexibility index (Phi) is 5.23. The number of carbonyl (C=O) groups excluding carboxylic acids is 1. The average Bonchev–Trinajstić information content (AvgIpc) is 2.65. The van der Waals surface area contributed by atoms with Gasteiger partial charge in [-0.3, -0.25) is 14.7 Å². The molecular formula is C18H22FN5O. The summed E-state index contributed by atoms with van der Waals surface area (Å²) in [6.07, 6.45) is 5.08. The molecule has 0 spiro atoms. The average molecular weight is 343 g/mol. The van der Waals surface area contributed by atoms with Gasteiger partial charge in [-0.1, -0.05) is 6.07 Å². The zero-order valence-corrected chi connectivity index (χ0v) is 14.4. The molecule has 0 saturated carbocycles. The molecule has 1 unspecified atom stereocenters. The molecule has 1 atom stereocenters. The molecule has 3 rings (SSSR count). The van der Waals surface area contributed by atoms with Crippen LogP contribution in [0.3, 0.4) is 0 Å². The maximum Gasteiger partial charge on any atom is 0.241 e. The van der Waals surface area contributed by atoms with Crippen LogP contribution in [-0.4, -0.2) is 53.0 Å². The molecule has 25 heavy (non-hydrogen) atoms. The number of carbonyl (C=O) groups is 1. The molecule has 1 aliphatic rings. The first-order valence-corrected chi connectivity index (χ1v) is 8.36. The SMILES string of the molecule is Cc1ccc(NC(=O)C(C)N2CCN(c3cnccn3)CC2)cc1F. The minimum Gasteiger partial charge on any atom is -0.353 e. The van der Waals surface area contributed by atoms with E-state index in [2.05, 4.69) is 25.1 Å². The van der Waals surface area contributed by atoms with E-state index in [-0.39, 0.29) is 17.8 Å². The van der Waals surface area contributed by atoms with Gasteiger partial charge in [-0.25, -0.2) is 9.37 Å². The summed E-state index contributed by atoms with van der Waals surface area (Å²) in [5, 5.41) is 2.79. The highest BCUT2D eigenvalue weighted by atomic mass is 19.1. The number of anilines is 2. The van der Waals surface area contributed by atoms with Gasteiger partial charge in [0.05, 0.1) is 12.2 Å². The van der Waals surface area contributed by atoms with Crippen molar-refractivity contribution in [2.45, 2.75) is 19.9 Å². The Balaban J connectivity index is 1.55. The molecule has 1 aromatic heterocycles. The standard InChI is InChI=1S/C18H22FN5O/c1-13-3-4-15(11-16(13)19)22-18(25)14(2)23-7-9-24(10-8-23)17-12-20-5-6-21-17/h3-6,11-12,14H,7-10H2,1-2H3,(H,22,25). The lowest BCUT2D eigenvalue weighted by atomic mass is 10.2. The smallest absolute Gasteiger partial charge is 0.241 e. The van der Waals surface area contributed by atoms with Crippen molar-refractivity contribution in [2.24, 2.45) is 0 Å². The maximum absolute atomic E-state index is 13.6. The molecule has 1 fully saturated rings. The van der Waals surface area contributed by atoms with Crippen molar-refractivity contribution in [3.63, 3.8) is 0 Å². The zero-order valence-electron chi connectivity index (χ0n) is 14.4. The van der Waals surface area contributed by atoms with Gasteiger partial charge < -0.3 is 10.2 Å². The summed E-state index contributed by atoms with van der Waals surface area (Å²) >= 11 is 0. The van der Waals surface area contributed by atoms with E-state index in [4.69, 9.17) is 0 Å². The van der Waals surface area contributed by atoms with Crippen molar-refractivity contribution in [1.29, 1.82) is 0 Å². The second-order valence-corrected chi connectivity index (χ2v) is 6.22. The van der Waals surface area contributed by atoms with Crippen molar-refractivity contribution in [1.82, 2.24) is 14.9 Å². The minimum absolute atomic E-state index is 0.129. The molecule has 0 radical (unpaired) electrons. The Hall–Kier alpha value is -2.54. The number of amides is 1. The molecule has 1 N–H and O–H groups in total. The van der Waals surface area contributed by atoms with Crippen LogP contribution in [0.2, 0.25) is 0 Å². The van der Waals surface area contributed by atoms with Gasteiger partial charge in [0, 0.05) is 44.3 Å². The fourth-order valence-electron chi connectivity index (χ4n) is 2.88. The molecule has 2 aromatic rings. The number of aryl methyl sites for hydroxylation is 1. The summed E-state index contributed by atoms with van der Waals surface area (Å²) in [6, 6.07) is 4.45. The lowest BCUT2D eigenvalue weighted by Crippen LogP contribution is -2.53. The van der Waals surface area contributed by atoms with Gasteiger partial charge >= 0.3 is 0 Å². The number of hydrogen-bond donors (Lipinski definition) is 1. The van der Waals surface area contributed by atoms with Crippen LogP contribution < -0.4 is 10.2 Å². The van der Waals surface area contributed by atoms with Crippen LogP contribution in [0.25, 0.3) is 0 Å². The number of halogens is 1. The first-order valence-electron chi connectivity index (χ1n) is 8.36. The summed E-state index contributed by atoms with van der Waals surface area (Å²) in [7, 11) is 0. The largest absolute Gasteiger partial charge is 0.353 e. The molecule has 2 heterocycles. The van der Waals surface area contributed by atoms with Crippen molar-refractivity contribution in [3.8, 4) is 0 Å². The molecule has 1 saturated heterocycles. The summed E-state index contributed by atoms with van der Waals surface area (Å²) in [4.78, 5) is 25.1. The Morgan fingerprint density at radius 3 is 2.64 bits per heavy atom. The third-order valence-corrected chi connectivity index (χ3v) is 4.55. The predicted molar refractivity (Wildman–Crippen MR) is 95.0 cm³/mol. The molecule has 6 nitrogen and oxygen atoms in total. The number of rotatable bonds is 4. The Morgan fingerprint density at radius 2 is 2.00 bits per heavy atom. The third kappa shape index (κ3) is 4.11. The van der Waals surface area contributed by atoms with Crippen molar-refractivity contribution < 1.29 is 9.18 Å². The lowest BCUT2D eigenvalue weighted by molar-refractivity contribution is -0.120. The zero-order chi connectivity index (χ0) is 17.8. The van der Waals surface area contributed by atoms with E-state index < -0.39 is 0 Å². The molecule has 0 aliphatic carbocycles. The molecule has 0 bridgehead atoms. The van der Waals surface area contributed by atoms with Crippen LogP contribution >= 0.6 is 0 Å². The molecule has 1 aromatic carbocycles. The summed E-state index contributed by atoms with van der Waals surface area (Å²) in [6.45, 7) is 6.66. The molecule has 1 amide bonds. The van der Waals surface area contributed by atoms with Gasteiger partial charge in [0.2, 0.25) is 5.91 Å². The monoisotopic (exact) mass is 343 g/mol. The number of aromatic nitrogens is 2. The Bertz CT molecular complexity index is 732. The third-order valence-electron chi connectivity index (χ3n) is 4.55. The summed E-state index contributed by atoms with van der Waals surface area (Å²) < 4.78 is 13.6. The van der Waals surface area contributed by atoms with E-state index in [0.29, 0.717) is 11.3 Å². The first-order chi connectivity index (χ1) is 12.0. The number of nitrogens with one attached hydrogen (secondary N) is 1. The van der Waals surface area contributed by atoms with E-state index in [1.54, 1.807) is 37.6 Å². The Morgan fingerprint density at radius 1 is 1.24 bits per heavy atom. The van der Waals surface area contributed by atoms with Crippen molar-refractivity contribution >= 4 is 17.4 Å². The van der Waals surface area contributed by atoms with Crippen molar-refractivity contribution in [2.75, 3.05) is 36.4 Å². The lowest BCUT2D eigenvalue weighted by Gasteiger charge is -2.37. The van der Waals surface area contributed by atoms with E-state index in [9.17, 15) is 9.18 Å². The van der Waals surface area contributed by atoms with Gasteiger partial charge in [-0.2, -0.15) is 0 Å². The maximum atomic E-state index is 13.6. The Labute approximate surface area is 146 Å². The molecule has 1 aliphatic heterocycles. The number of benzene rings is 1. The van der Waals surface area contributed by atoms with E-state index in [0.717, 1.165) is 32.0 Å².